The van der Waals surface area contributed by atoms with Crippen LogP contribution in [0.25, 0.3) is 0 Å². The fourth-order valence-electron chi connectivity index (χ4n) is 3.90. The van der Waals surface area contributed by atoms with Crippen molar-refractivity contribution in [3.8, 4) is 0 Å². The third-order valence-corrected chi connectivity index (χ3v) is 5.35. The van der Waals surface area contributed by atoms with Crippen LogP contribution in [0.1, 0.15) is 50.7 Å². The lowest BCUT2D eigenvalue weighted by Gasteiger charge is -2.28. The van der Waals surface area contributed by atoms with Gasteiger partial charge in [0.25, 0.3) is 0 Å². The van der Waals surface area contributed by atoms with Crippen LogP contribution < -0.4 is 16.0 Å². The van der Waals surface area contributed by atoms with Gasteiger partial charge in [-0.3, -0.25) is 4.79 Å². The molecule has 2 aromatic rings. The van der Waals surface area contributed by atoms with E-state index >= 15 is 0 Å². The van der Waals surface area contributed by atoms with E-state index < -0.39 is 5.41 Å². The number of urea groups is 1. The minimum atomic E-state index is -0.654. The summed E-state index contributed by atoms with van der Waals surface area (Å²) in [4.78, 5) is 24.8. The number of halogens is 1. The largest absolute Gasteiger partial charge is 0.351 e. The van der Waals surface area contributed by atoms with Gasteiger partial charge < -0.3 is 16.0 Å². The number of anilines is 1. The van der Waals surface area contributed by atoms with Crippen LogP contribution in [-0.4, -0.2) is 18.0 Å². The van der Waals surface area contributed by atoms with Gasteiger partial charge in [-0.05, 0) is 62.1 Å². The van der Waals surface area contributed by atoms with Crippen LogP contribution in [0.5, 0.6) is 0 Å². The van der Waals surface area contributed by atoms with Gasteiger partial charge in [0.15, 0.2) is 0 Å². The molecule has 1 saturated carbocycles. The molecule has 0 spiro atoms. The maximum Gasteiger partial charge on any atom is 0.319 e. The molecular formula is C23H28FN3O2. The highest BCUT2D eigenvalue weighted by atomic mass is 19.1. The normalized spacial score (nSPS) is 15.2. The standard InChI is InChI=1S/C23H28FN3O2/c1-16(2)26-22(29)27-20-10-8-17(9-11-20)15-25-21(28)23(12-3-4-13-23)18-6-5-7-19(24)14-18/h5-11,14,16H,3-4,12-13,15H2,1-2H3,(H,25,28)(H2,26,27,29). The van der Waals surface area contributed by atoms with Gasteiger partial charge >= 0.3 is 6.03 Å². The van der Waals surface area contributed by atoms with Crippen LogP contribution in [0, 0.1) is 5.82 Å². The van der Waals surface area contributed by atoms with Crippen molar-refractivity contribution in [2.75, 3.05) is 5.32 Å². The van der Waals surface area contributed by atoms with Gasteiger partial charge in [-0.1, -0.05) is 37.1 Å². The zero-order valence-electron chi connectivity index (χ0n) is 16.9. The van der Waals surface area contributed by atoms with Crippen molar-refractivity contribution >= 4 is 17.6 Å². The number of amides is 3. The number of carbonyl (C=O) groups is 2. The molecule has 0 saturated heterocycles. The molecule has 0 aliphatic heterocycles. The minimum absolute atomic E-state index is 0.0564. The lowest BCUT2D eigenvalue weighted by atomic mass is 9.78. The average molecular weight is 397 g/mol. The molecule has 0 unspecified atom stereocenters. The molecule has 0 radical (unpaired) electrons. The average Bonchev–Trinajstić information content (AvgIpc) is 3.18. The highest BCUT2D eigenvalue weighted by molar-refractivity contribution is 5.89. The first-order chi connectivity index (χ1) is 13.9. The van der Waals surface area contributed by atoms with Gasteiger partial charge in [0.2, 0.25) is 5.91 Å². The Kier molecular flexibility index (Phi) is 6.52. The molecule has 3 N–H and O–H groups in total. The summed E-state index contributed by atoms with van der Waals surface area (Å²) in [6.07, 6.45) is 3.39. The van der Waals surface area contributed by atoms with Gasteiger partial charge in [0.05, 0.1) is 5.41 Å². The summed E-state index contributed by atoms with van der Waals surface area (Å²) in [6.45, 7) is 4.17. The molecule has 0 aromatic heterocycles. The number of rotatable bonds is 6. The van der Waals surface area contributed by atoms with Crippen molar-refractivity contribution < 1.29 is 14.0 Å². The summed E-state index contributed by atoms with van der Waals surface area (Å²) >= 11 is 0. The first kappa shape index (κ1) is 20.8. The Labute approximate surface area is 171 Å². The third-order valence-electron chi connectivity index (χ3n) is 5.35. The van der Waals surface area contributed by atoms with E-state index in [1.54, 1.807) is 18.2 Å². The lowest BCUT2D eigenvalue weighted by molar-refractivity contribution is -0.126. The van der Waals surface area contributed by atoms with E-state index in [0.29, 0.717) is 12.2 Å². The number of hydrogen-bond donors (Lipinski definition) is 3. The van der Waals surface area contributed by atoms with E-state index in [1.165, 1.54) is 12.1 Å². The van der Waals surface area contributed by atoms with Crippen molar-refractivity contribution in [2.24, 2.45) is 0 Å². The fourth-order valence-corrected chi connectivity index (χ4v) is 3.90. The molecule has 5 nitrogen and oxygen atoms in total. The quantitative estimate of drug-likeness (QED) is 0.672. The van der Waals surface area contributed by atoms with Crippen LogP contribution in [0.2, 0.25) is 0 Å². The molecule has 1 aliphatic rings. The Balaban J connectivity index is 1.63. The first-order valence-electron chi connectivity index (χ1n) is 10.1. The molecular weight excluding hydrogens is 369 g/mol. The fraction of sp³-hybridized carbons (Fsp3) is 0.391. The maximum atomic E-state index is 13.7. The van der Waals surface area contributed by atoms with Crippen molar-refractivity contribution in [1.82, 2.24) is 10.6 Å². The molecule has 1 aliphatic carbocycles. The Morgan fingerprint density at radius 2 is 1.76 bits per heavy atom. The zero-order chi connectivity index (χ0) is 20.9. The van der Waals surface area contributed by atoms with Gasteiger partial charge in [-0.15, -0.1) is 0 Å². The predicted molar refractivity (Wildman–Crippen MR) is 112 cm³/mol. The molecule has 29 heavy (non-hydrogen) atoms. The third kappa shape index (κ3) is 5.13. The molecule has 154 valence electrons. The number of benzene rings is 2. The molecule has 0 heterocycles. The van der Waals surface area contributed by atoms with E-state index in [0.717, 1.165) is 36.8 Å². The topological polar surface area (TPSA) is 70.2 Å². The summed E-state index contributed by atoms with van der Waals surface area (Å²) in [5.41, 5.74) is 1.72. The first-order valence-corrected chi connectivity index (χ1v) is 10.1. The smallest absolute Gasteiger partial charge is 0.319 e. The monoisotopic (exact) mass is 397 g/mol. The maximum absolute atomic E-state index is 13.7. The molecule has 0 bridgehead atoms. The van der Waals surface area contributed by atoms with Crippen LogP contribution in [0.3, 0.4) is 0 Å². The van der Waals surface area contributed by atoms with E-state index in [-0.39, 0.29) is 23.8 Å². The number of carbonyl (C=O) groups excluding carboxylic acids is 2. The highest BCUT2D eigenvalue weighted by Crippen LogP contribution is 2.41. The molecule has 1 fully saturated rings. The molecule has 6 heteroatoms. The Hall–Kier alpha value is -2.89. The van der Waals surface area contributed by atoms with Crippen molar-refractivity contribution in [2.45, 2.75) is 57.5 Å². The number of nitrogens with one attached hydrogen (secondary N) is 3. The van der Waals surface area contributed by atoms with E-state index in [9.17, 15) is 14.0 Å². The van der Waals surface area contributed by atoms with Gasteiger partial charge in [-0.2, -0.15) is 0 Å². The highest BCUT2D eigenvalue weighted by Gasteiger charge is 2.42. The summed E-state index contributed by atoms with van der Waals surface area (Å²) in [5, 5.41) is 8.56. The van der Waals surface area contributed by atoms with E-state index in [2.05, 4.69) is 16.0 Å². The molecule has 3 rings (SSSR count). The SMILES string of the molecule is CC(C)NC(=O)Nc1ccc(CNC(=O)C2(c3cccc(F)c3)CCCC2)cc1. The lowest BCUT2D eigenvalue weighted by Crippen LogP contribution is -2.42. The van der Waals surface area contributed by atoms with Crippen LogP contribution >= 0.6 is 0 Å². The summed E-state index contributed by atoms with van der Waals surface area (Å²) in [7, 11) is 0. The molecule has 2 aromatic carbocycles. The second-order valence-electron chi connectivity index (χ2n) is 7.93. The Morgan fingerprint density at radius 3 is 2.38 bits per heavy atom. The number of hydrogen-bond acceptors (Lipinski definition) is 2. The summed E-state index contributed by atoms with van der Waals surface area (Å²) in [5.74, 6) is -0.370. The summed E-state index contributed by atoms with van der Waals surface area (Å²) < 4.78 is 13.7. The molecule has 0 atom stereocenters. The van der Waals surface area contributed by atoms with E-state index in [4.69, 9.17) is 0 Å². The Morgan fingerprint density at radius 1 is 1.07 bits per heavy atom. The van der Waals surface area contributed by atoms with Crippen LogP contribution in [0.15, 0.2) is 48.5 Å². The van der Waals surface area contributed by atoms with Gasteiger partial charge in [0.1, 0.15) is 5.82 Å². The van der Waals surface area contributed by atoms with Crippen molar-refractivity contribution in [3.05, 3.63) is 65.5 Å². The van der Waals surface area contributed by atoms with Crippen molar-refractivity contribution in [1.29, 1.82) is 0 Å². The van der Waals surface area contributed by atoms with Crippen molar-refractivity contribution in [3.63, 3.8) is 0 Å². The minimum Gasteiger partial charge on any atom is -0.351 e. The van der Waals surface area contributed by atoms with Gasteiger partial charge in [0, 0.05) is 18.3 Å². The second kappa shape index (κ2) is 9.07. The zero-order valence-corrected chi connectivity index (χ0v) is 16.9. The summed E-state index contributed by atoms with van der Waals surface area (Å²) in [6, 6.07) is 13.6. The van der Waals surface area contributed by atoms with E-state index in [1.807, 2.05) is 32.0 Å². The predicted octanol–water partition coefficient (Wildman–Crippen LogP) is 4.48. The van der Waals surface area contributed by atoms with Crippen LogP contribution in [0.4, 0.5) is 14.9 Å². The Bertz CT molecular complexity index is 859. The van der Waals surface area contributed by atoms with Gasteiger partial charge in [-0.25, -0.2) is 9.18 Å². The molecule has 3 amide bonds. The second-order valence-corrected chi connectivity index (χ2v) is 7.93. The van der Waals surface area contributed by atoms with Crippen LogP contribution in [-0.2, 0) is 16.8 Å².